The number of aliphatic imine (C=N–C) groups is 1. The zero-order chi connectivity index (χ0) is 21.7. The van der Waals surface area contributed by atoms with Crippen LogP contribution in [0.2, 0.25) is 0 Å². The van der Waals surface area contributed by atoms with Gasteiger partial charge in [0, 0.05) is 36.2 Å². The Morgan fingerprint density at radius 2 is 1.83 bits per heavy atom. The van der Waals surface area contributed by atoms with Crippen LogP contribution in [0.15, 0.2) is 52.8 Å². The molecule has 0 saturated carbocycles. The molecule has 1 saturated heterocycles. The van der Waals surface area contributed by atoms with Crippen LogP contribution in [0.5, 0.6) is 0 Å². The Kier molecular flexibility index (Phi) is 4.60. The number of allylic oxidation sites excluding steroid dienone is 3. The van der Waals surface area contributed by atoms with Crippen LogP contribution in [-0.4, -0.2) is 64.3 Å². The summed E-state index contributed by atoms with van der Waals surface area (Å²) in [5, 5.41) is 0. The van der Waals surface area contributed by atoms with Crippen molar-refractivity contribution in [3.8, 4) is 0 Å². The highest BCUT2D eigenvalue weighted by atomic mass is 16.2. The quantitative estimate of drug-likeness (QED) is 0.764. The number of primary amides is 1. The summed E-state index contributed by atoms with van der Waals surface area (Å²) in [5.41, 5.74) is 8.37. The lowest BCUT2D eigenvalue weighted by atomic mass is 10.1. The molecule has 2 atom stereocenters. The van der Waals surface area contributed by atoms with Gasteiger partial charge in [0.2, 0.25) is 11.9 Å². The van der Waals surface area contributed by atoms with Gasteiger partial charge in [0.25, 0.3) is 5.91 Å². The predicted octanol–water partition coefficient (Wildman–Crippen LogP) is 1.69. The smallest absolute Gasteiger partial charge is 0.328 e. The van der Waals surface area contributed by atoms with Gasteiger partial charge in [-0.25, -0.2) is 9.79 Å². The highest BCUT2D eigenvalue weighted by Gasteiger charge is 2.55. The first-order valence-corrected chi connectivity index (χ1v) is 9.71. The molecule has 3 aliphatic heterocycles. The van der Waals surface area contributed by atoms with Crippen molar-refractivity contribution in [2.45, 2.75) is 33.0 Å². The Morgan fingerprint density at radius 1 is 1.17 bits per heavy atom. The summed E-state index contributed by atoms with van der Waals surface area (Å²) in [6.07, 6.45) is 2.99. The minimum Gasteiger partial charge on any atom is -0.366 e. The molecule has 2 unspecified atom stereocenters. The van der Waals surface area contributed by atoms with E-state index in [2.05, 4.69) is 0 Å². The van der Waals surface area contributed by atoms with Crippen LogP contribution >= 0.6 is 0 Å². The second-order valence-corrected chi connectivity index (χ2v) is 7.49. The number of fused-ring (bicyclic) bond motifs is 3. The molecule has 1 aromatic rings. The van der Waals surface area contributed by atoms with Gasteiger partial charge >= 0.3 is 6.03 Å². The lowest BCUT2D eigenvalue weighted by Gasteiger charge is -2.40. The molecule has 0 bridgehead atoms. The number of anilines is 1. The van der Waals surface area contributed by atoms with Crippen molar-refractivity contribution < 1.29 is 14.4 Å². The zero-order valence-electron chi connectivity index (χ0n) is 17.4. The molecule has 1 aromatic carbocycles. The standard InChI is InChI=1S/C21H24N6O3/c1-5-6-11-25-19(29)16-18(24(4)21(25)30)23-20-26(12(2)13(3)27(16)20)15-9-7-14(8-10-15)17(22)28/h5-10,16,18H,11H2,1-4H3,(H2,22,28)/b6-5+. The fourth-order valence-corrected chi connectivity index (χ4v) is 4.08. The lowest BCUT2D eigenvalue weighted by molar-refractivity contribution is -0.136. The van der Waals surface area contributed by atoms with Crippen LogP contribution in [-0.2, 0) is 4.79 Å². The van der Waals surface area contributed by atoms with E-state index in [0.717, 1.165) is 17.1 Å². The molecule has 4 rings (SSSR count). The van der Waals surface area contributed by atoms with Crippen molar-refractivity contribution in [1.82, 2.24) is 14.7 Å². The average molecular weight is 408 g/mol. The number of likely N-dealkylation sites (N-methyl/N-ethyl adjacent to an activating group) is 1. The summed E-state index contributed by atoms with van der Waals surface area (Å²) in [6.45, 7) is 5.96. The zero-order valence-corrected chi connectivity index (χ0v) is 17.4. The largest absolute Gasteiger partial charge is 0.366 e. The normalized spacial score (nSPS) is 23.5. The van der Waals surface area contributed by atoms with E-state index in [1.807, 2.05) is 36.6 Å². The van der Waals surface area contributed by atoms with E-state index in [9.17, 15) is 14.4 Å². The summed E-state index contributed by atoms with van der Waals surface area (Å²) in [5.74, 6) is -0.171. The minimum atomic E-state index is -0.613. The van der Waals surface area contributed by atoms with E-state index in [-0.39, 0.29) is 18.5 Å². The Morgan fingerprint density at radius 3 is 2.43 bits per heavy atom. The second kappa shape index (κ2) is 7.01. The molecule has 3 heterocycles. The minimum absolute atomic E-state index is 0.227. The highest BCUT2D eigenvalue weighted by molar-refractivity contribution is 6.10. The molecule has 0 aliphatic carbocycles. The van der Waals surface area contributed by atoms with E-state index < -0.39 is 18.1 Å². The molecule has 0 spiro atoms. The molecule has 1 fully saturated rings. The monoisotopic (exact) mass is 408 g/mol. The molecule has 3 aliphatic rings. The van der Waals surface area contributed by atoms with E-state index in [1.54, 1.807) is 37.4 Å². The molecular formula is C21H24N6O3. The maximum atomic E-state index is 13.3. The van der Waals surface area contributed by atoms with Crippen LogP contribution in [0.1, 0.15) is 31.1 Å². The lowest BCUT2D eigenvalue weighted by Crippen LogP contribution is -2.64. The van der Waals surface area contributed by atoms with Crippen molar-refractivity contribution in [2.24, 2.45) is 10.7 Å². The number of hydrogen-bond donors (Lipinski definition) is 1. The Hall–Kier alpha value is -3.62. The van der Waals surface area contributed by atoms with Crippen molar-refractivity contribution in [3.63, 3.8) is 0 Å². The topological polar surface area (TPSA) is 103 Å². The molecule has 2 N–H and O–H groups in total. The van der Waals surface area contributed by atoms with Gasteiger partial charge in [-0.1, -0.05) is 12.2 Å². The number of nitrogens with two attached hydrogens (primary N) is 1. The van der Waals surface area contributed by atoms with E-state index in [1.165, 1.54) is 9.80 Å². The Balaban J connectivity index is 1.73. The van der Waals surface area contributed by atoms with Crippen molar-refractivity contribution in [3.05, 3.63) is 53.4 Å². The number of amides is 4. The van der Waals surface area contributed by atoms with Gasteiger partial charge in [-0.15, -0.1) is 0 Å². The first-order valence-electron chi connectivity index (χ1n) is 9.71. The Bertz CT molecular complexity index is 1030. The third-order valence-corrected chi connectivity index (χ3v) is 5.83. The molecule has 0 radical (unpaired) electrons. The van der Waals surface area contributed by atoms with Crippen molar-refractivity contribution in [2.75, 3.05) is 18.5 Å². The molecular weight excluding hydrogens is 384 g/mol. The maximum absolute atomic E-state index is 13.3. The number of carbonyl (C=O) groups excluding carboxylic acids is 3. The summed E-state index contributed by atoms with van der Waals surface area (Å²) >= 11 is 0. The number of carbonyl (C=O) groups is 3. The fraction of sp³-hybridized carbons (Fsp3) is 0.333. The van der Waals surface area contributed by atoms with Gasteiger partial charge in [0.15, 0.2) is 12.2 Å². The molecule has 156 valence electrons. The molecule has 9 nitrogen and oxygen atoms in total. The molecule has 4 amide bonds. The summed E-state index contributed by atoms with van der Waals surface area (Å²) in [4.78, 5) is 48.8. The molecule has 0 aromatic heterocycles. The number of benzene rings is 1. The third-order valence-electron chi connectivity index (χ3n) is 5.83. The average Bonchev–Trinajstić information content (AvgIpc) is 3.22. The fourth-order valence-electron chi connectivity index (χ4n) is 4.08. The first kappa shape index (κ1) is 19.7. The van der Waals surface area contributed by atoms with E-state index in [0.29, 0.717) is 11.5 Å². The third kappa shape index (κ3) is 2.69. The predicted molar refractivity (Wildman–Crippen MR) is 112 cm³/mol. The summed E-state index contributed by atoms with van der Waals surface area (Å²) in [6, 6.07) is 5.93. The second-order valence-electron chi connectivity index (χ2n) is 7.49. The first-order chi connectivity index (χ1) is 14.3. The van der Waals surface area contributed by atoms with Gasteiger partial charge in [-0.2, -0.15) is 0 Å². The van der Waals surface area contributed by atoms with Gasteiger partial charge in [0.05, 0.1) is 0 Å². The van der Waals surface area contributed by atoms with Crippen LogP contribution in [0.3, 0.4) is 0 Å². The van der Waals surface area contributed by atoms with Gasteiger partial charge in [-0.05, 0) is 45.0 Å². The SMILES string of the molecule is C/C=C/CN1C(=O)C2C(N=C3N(c4ccc(C(N)=O)cc4)C(C)=C(C)N32)N(C)C1=O. The Labute approximate surface area is 174 Å². The van der Waals surface area contributed by atoms with Crippen molar-refractivity contribution in [1.29, 1.82) is 0 Å². The van der Waals surface area contributed by atoms with Gasteiger partial charge in [-0.3, -0.25) is 24.3 Å². The van der Waals surface area contributed by atoms with E-state index in [4.69, 9.17) is 10.7 Å². The van der Waals surface area contributed by atoms with Gasteiger partial charge in [0.1, 0.15) is 0 Å². The number of rotatable bonds is 4. The number of nitrogens with zero attached hydrogens (tertiary/aromatic N) is 5. The number of urea groups is 1. The molecule has 9 heteroatoms. The summed E-state index contributed by atoms with van der Waals surface area (Å²) in [7, 11) is 1.67. The summed E-state index contributed by atoms with van der Waals surface area (Å²) < 4.78 is 0. The van der Waals surface area contributed by atoms with Gasteiger partial charge < -0.3 is 10.6 Å². The van der Waals surface area contributed by atoms with Crippen LogP contribution in [0.4, 0.5) is 10.5 Å². The van der Waals surface area contributed by atoms with Crippen LogP contribution in [0, 0.1) is 0 Å². The molecule has 30 heavy (non-hydrogen) atoms. The maximum Gasteiger partial charge on any atom is 0.328 e. The van der Waals surface area contributed by atoms with Crippen LogP contribution in [0.25, 0.3) is 0 Å². The van der Waals surface area contributed by atoms with Crippen molar-refractivity contribution >= 4 is 29.5 Å². The number of hydrogen-bond acceptors (Lipinski definition) is 6. The number of guanidine groups is 1. The van der Waals surface area contributed by atoms with Crippen LogP contribution < -0.4 is 10.6 Å². The number of imide groups is 1. The highest BCUT2D eigenvalue weighted by Crippen LogP contribution is 2.39. The van der Waals surface area contributed by atoms with E-state index >= 15 is 0 Å².